The van der Waals surface area contributed by atoms with Gasteiger partial charge in [-0.05, 0) is 22.6 Å². The molecule has 0 fully saturated rings. The first-order valence-corrected chi connectivity index (χ1v) is 3.64. The van der Waals surface area contributed by atoms with Gasteiger partial charge in [-0.3, -0.25) is 9.59 Å². The summed E-state index contributed by atoms with van der Waals surface area (Å²) in [7, 11) is 0. The zero-order valence-electron chi connectivity index (χ0n) is 6.28. The summed E-state index contributed by atoms with van der Waals surface area (Å²) < 4.78 is 0. The minimum atomic E-state index is -0.436. The van der Waals surface area contributed by atoms with Crippen molar-refractivity contribution in [2.24, 2.45) is 0 Å². The fourth-order valence-electron chi connectivity index (χ4n) is 1.20. The van der Waals surface area contributed by atoms with Gasteiger partial charge in [0.1, 0.15) is 0 Å². The highest BCUT2D eigenvalue weighted by Crippen LogP contribution is 1.86. The summed E-state index contributed by atoms with van der Waals surface area (Å²) >= 11 is 0. The smallest absolute Gasteiger partial charge is 0.226 e. The monoisotopic (exact) mass is 158 g/mol. The summed E-state index contributed by atoms with van der Waals surface area (Å²) in [4.78, 5) is 21.8. The van der Waals surface area contributed by atoms with Crippen LogP contribution in [0, 0.1) is 0 Å². The topological polar surface area (TPSA) is 34.1 Å². The molecule has 12 heavy (non-hydrogen) atoms. The first-order chi connectivity index (χ1) is 5.77. The summed E-state index contributed by atoms with van der Waals surface area (Å²) in [6.45, 7) is 0. The molecule has 0 N–H and O–H groups in total. The van der Waals surface area contributed by atoms with Crippen molar-refractivity contribution in [1.29, 1.82) is 0 Å². The zero-order chi connectivity index (χ0) is 8.55. The Morgan fingerprint density at radius 1 is 0.750 bits per heavy atom. The first kappa shape index (κ1) is 6.98. The maximum Gasteiger partial charge on any atom is 0.226 e. The second kappa shape index (κ2) is 2.41. The lowest BCUT2D eigenvalue weighted by Gasteiger charge is -1.96. The number of hydrogen-bond donors (Lipinski definition) is 0. The van der Waals surface area contributed by atoms with Crippen LogP contribution < -0.4 is 10.4 Å². The number of hydrogen-bond acceptors (Lipinski definition) is 2. The Labute approximate surface area is 68.8 Å². The van der Waals surface area contributed by atoms with Crippen molar-refractivity contribution in [3.8, 4) is 0 Å². The normalized spacial score (nSPS) is 14.7. The van der Waals surface area contributed by atoms with Crippen LogP contribution in [0.4, 0.5) is 0 Å². The molecule has 1 aromatic rings. The average molecular weight is 158 g/mol. The fourth-order valence-corrected chi connectivity index (χ4v) is 1.20. The molecule has 0 aliphatic heterocycles. The van der Waals surface area contributed by atoms with E-state index < -0.39 is 11.6 Å². The predicted octanol–water partition coefficient (Wildman–Crippen LogP) is -0.601. The van der Waals surface area contributed by atoms with Gasteiger partial charge >= 0.3 is 0 Å². The molecule has 0 heterocycles. The Kier molecular flexibility index (Phi) is 1.40. The van der Waals surface area contributed by atoms with E-state index in [9.17, 15) is 9.59 Å². The van der Waals surface area contributed by atoms with E-state index in [0.717, 1.165) is 10.4 Å². The molecular formula is C10H6O2. The second-order valence-corrected chi connectivity index (χ2v) is 2.65. The van der Waals surface area contributed by atoms with E-state index >= 15 is 0 Å². The molecule has 0 unspecified atom stereocenters. The Bertz CT molecular complexity index is 424. The molecule has 0 amide bonds. The zero-order valence-corrected chi connectivity index (χ0v) is 6.28. The van der Waals surface area contributed by atoms with Crippen LogP contribution in [-0.4, -0.2) is 11.6 Å². The summed E-state index contributed by atoms with van der Waals surface area (Å²) in [5, 5.41) is 1.64. The lowest BCUT2D eigenvalue weighted by atomic mass is 10.1. The summed E-state index contributed by atoms with van der Waals surface area (Å²) in [6, 6.07) is 7.31. The Balaban J connectivity index is 2.87. The molecule has 1 aliphatic carbocycles. The van der Waals surface area contributed by atoms with Gasteiger partial charge in [-0.15, -0.1) is 0 Å². The number of carbonyl (C=O) groups is 2. The number of Topliss-reactive ketones (excluding diaryl/α,β-unsaturated/α-hetero) is 2. The van der Waals surface area contributed by atoms with Crippen molar-refractivity contribution < 1.29 is 9.59 Å². The molecule has 0 saturated carbocycles. The number of carbonyl (C=O) groups excluding carboxylic acids is 2. The standard InChI is InChI=1S/C10H6O2/c11-9-5-7-3-1-2-4-8(7)6-10(9)12/h1-6H. The van der Waals surface area contributed by atoms with Crippen LogP contribution in [-0.2, 0) is 9.59 Å². The van der Waals surface area contributed by atoms with E-state index in [-0.39, 0.29) is 0 Å². The van der Waals surface area contributed by atoms with E-state index in [1.807, 2.05) is 24.3 Å². The Morgan fingerprint density at radius 2 is 1.17 bits per heavy atom. The van der Waals surface area contributed by atoms with E-state index in [1.54, 1.807) is 0 Å². The van der Waals surface area contributed by atoms with Crippen molar-refractivity contribution in [3.63, 3.8) is 0 Å². The number of ketones is 2. The molecule has 2 nitrogen and oxygen atoms in total. The summed E-state index contributed by atoms with van der Waals surface area (Å²) in [5.74, 6) is -0.873. The second-order valence-electron chi connectivity index (χ2n) is 2.65. The molecule has 2 heteroatoms. The lowest BCUT2D eigenvalue weighted by molar-refractivity contribution is -0.129. The third-order valence-corrected chi connectivity index (χ3v) is 1.81. The molecule has 0 bridgehead atoms. The van der Waals surface area contributed by atoms with Crippen LogP contribution in [0.5, 0.6) is 0 Å². The van der Waals surface area contributed by atoms with Crippen molar-refractivity contribution in [2.45, 2.75) is 0 Å². The van der Waals surface area contributed by atoms with Crippen LogP contribution in [0.3, 0.4) is 0 Å². The van der Waals surface area contributed by atoms with Crippen LogP contribution in [0.2, 0.25) is 0 Å². The quantitative estimate of drug-likeness (QED) is 0.472. The minimum absolute atomic E-state index is 0.436. The molecule has 58 valence electrons. The molecular weight excluding hydrogens is 152 g/mol. The van der Waals surface area contributed by atoms with Crippen molar-refractivity contribution >= 4 is 23.7 Å². The van der Waals surface area contributed by atoms with Gasteiger partial charge in [0.2, 0.25) is 11.6 Å². The fraction of sp³-hybridized carbons (Fsp3) is 0. The third kappa shape index (κ3) is 0.975. The van der Waals surface area contributed by atoms with Crippen LogP contribution in [0.25, 0.3) is 12.2 Å². The van der Waals surface area contributed by atoms with E-state index in [2.05, 4.69) is 0 Å². The molecule has 1 aliphatic rings. The number of rotatable bonds is 0. The van der Waals surface area contributed by atoms with Gasteiger partial charge in [0.25, 0.3) is 0 Å². The highest BCUT2D eigenvalue weighted by atomic mass is 16.2. The third-order valence-electron chi connectivity index (χ3n) is 1.81. The van der Waals surface area contributed by atoms with Gasteiger partial charge < -0.3 is 0 Å². The van der Waals surface area contributed by atoms with Crippen molar-refractivity contribution in [1.82, 2.24) is 0 Å². The maximum absolute atomic E-state index is 10.9. The van der Waals surface area contributed by atoms with Gasteiger partial charge in [0.15, 0.2) is 0 Å². The van der Waals surface area contributed by atoms with Gasteiger partial charge in [0, 0.05) is 0 Å². The molecule has 0 saturated heterocycles. The summed E-state index contributed by atoms with van der Waals surface area (Å²) in [6.07, 6.45) is 2.75. The van der Waals surface area contributed by atoms with E-state index in [4.69, 9.17) is 0 Å². The molecule has 0 radical (unpaired) electrons. The minimum Gasteiger partial charge on any atom is -0.286 e. The van der Waals surface area contributed by atoms with Gasteiger partial charge in [0.05, 0.1) is 0 Å². The molecule has 0 atom stereocenters. The SMILES string of the molecule is O=C1C=c2ccccc2=CC1=O. The summed E-state index contributed by atoms with van der Waals surface area (Å²) in [5.41, 5.74) is 0. The molecule has 2 rings (SSSR count). The predicted molar refractivity (Wildman–Crippen MR) is 44.6 cm³/mol. The van der Waals surface area contributed by atoms with Gasteiger partial charge in [-0.25, -0.2) is 0 Å². The average Bonchev–Trinajstić information content (AvgIpc) is 2.07. The van der Waals surface area contributed by atoms with Crippen molar-refractivity contribution in [2.75, 3.05) is 0 Å². The van der Waals surface area contributed by atoms with Gasteiger partial charge in [-0.2, -0.15) is 0 Å². The van der Waals surface area contributed by atoms with Crippen LogP contribution in [0.15, 0.2) is 24.3 Å². The Hall–Kier alpha value is -1.70. The maximum atomic E-state index is 10.9. The lowest BCUT2D eigenvalue weighted by Crippen LogP contribution is -2.32. The number of benzene rings is 1. The van der Waals surface area contributed by atoms with E-state index in [0.29, 0.717) is 0 Å². The highest BCUT2D eigenvalue weighted by Gasteiger charge is 2.10. The number of fused-ring (bicyclic) bond motifs is 1. The van der Waals surface area contributed by atoms with Crippen LogP contribution in [0.1, 0.15) is 0 Å². The van der Waals surface area contributed by atoms with Crippen molar-refractivity contribution in [3.05, 3.63) is 34.7 Å². The molecule has 0 aromatic heterocycles. The van der Waals surface area contributed by atoms with Crippen LogP contribution >= 0.6 is 0 Å². The molecule has 1 aromatic carbocycles. The van der Waals surface area contributed by atoms with E-state index in [1.165, 1.54) is 12.2 Å². The molecule has 0 spiro atoms. The van der Waals surface area contributed by atoms with Gasteiger partial charge in [-0.1, -0.05) is 24.3 Å². The highest BCUT2D eigenvalue weighted by molar-refractivity contribution is 6.57. The largest absolute Gasteiger partial charge is 0.286 e. The first-order valence-electron chi connectivity index (χ1n) is 3.64. The Morgan fingerprint density at radius 3 is 1.58 bits per heavy atom.